The Hall–Kier alpha value is -8.78. The highest BCUT2D eigenvalue weighted by molar-refractivity contribution is 7.26. The van der Waals surface area contributed by atoms with Gasteiger partial charge >= 0.3 is 0 Å². The summed E-state index contributed by atoms with van der Waals surface area (Å²) in [4.78, 5) is 31.0. The lowest BCUT2D eigenvalue weighted by molar-refractivity contribution is -0.144. The molecule has 1 spiro atoms. The van der Waals surface area contributed by atoms with Crippen LogP contribution in [0.5, 0.6) is 0 Å². The molecule has 3 saturated carbocycles. The maximum Gasteiger partial charge on any atom is 0.164 e. The summed E-state index contributed by atoms with van der Waals surface area (Å²) in [5, 5.41) is 2.39. The number of benzene rings is 9. The van der Waals surface area contributed by atoms with E-state index >= 15 is 0 Å². The van der Waals surface area contributed by atoms with Crippen LogP contribution in [0.4, 0.5) is 0 Å². The molecular formula is C69H48N6S. The Kier molecular flexibility index (Phi) is 9.83. The van der Waals surface area contributed by atoms with E-state index in [1.165, 1.54) is 84.8 Å². The van der Waals surface area contributed by atoms with Gasteiger partial charge in [-0.25, -0.2) is 29.9 Å². The van der Waals surface area contributed by atoms with Crippen molar-refractivity contribution in [3.8, 4) is 102 Å². The van der Waals surface area contributed by atoms with E-state index in [0.29, 0.717) is 52.2 Å². The maximum absolute atomic E-state index is 5.25. The van der Waals surface area contributed by atoms with Gasteiger partial charge in [-0.3, -0.25) is 0 Å². The first kappa shape index (κ1) is 43.6. The summed E-state index contributed by atoms with van der Waals surface area (Å²) in [5.74, 6) is 6.69. The monoisotopic (exact) mass is 992 g/mol. The van der Waals surface area contributed by atoms with Crippen LogP contribution in [-0.4, -0.2) is 29.9 Å². The third-order valence-electron chi connectivity index (χ3n) is 17.6. The summed E-state index contributed by atoms with van der Waals surface area (Å²) >= 11 is 1.86. The second-order valence-corrected chi connectivity index (χ2v) is 22.4. The minimum absolute atomic E-state index is 0.404. The van der Waals surface area contributed by atoms with Gasteiger partial charge in [-0.05, 0) is 117 Å². The van der Waals surface area contributed by atoms with E-state index in [-0.39, 0.29) is 0 Å². The highest BCUT2D eigenvalue weighted by atomic mass is 32.1. The molecule has 5 unspecified atom stereocenters. The van der Waals surface area contributed by atoms with Crippen molar-refractivity contribution in [1.82, 2.24) is 29.9 Å². The van der Waals surface area contributed by atoms with E-state index < -0.39 is 0 Å². The van der Waals surface area contributed by atoms with Gasteiger partial charge in [0, 0.05) is 53.6 Å². The van der Waals surface area contributed by atoms with Crippen molar-refractivity contribution in [1.29, 1.82) is 0 Å². The summed E-state index contributed by atoms with van der Waals surface area (Å²) < 4.78 is 2.48. The number of fused-ring (bicyclic) bond motifs is 9. The maximum atomic E-state index is 5.25. The van der Waals surface area contributed by atoms with Gasteiger partial charge in [0.05, 0.1) is 0 Å². The molecule has 5 atom stereocenters. The van der Waals surface area contributed by atoms with Crippen LogP contribution in [0.1, 0.15) is 48.6 Å². The number of hydrogen-bond donors (Lipinski definition) is 0. The predicted octanol–water partition coefficient (Wildman–Crippen LogP) is 17.4. The molecule has 76 heavy (non-hydrogen) atoms. The predicted molar refractivity (Wildman–Crippen MR) is 308 cm³/mol. The van der Waals surface area contributed by atoms with Crippen LogP contribution in [0.3, 0.4) is 0 Å². The van der Waals surface area contributed by atoms with E-state index in [4.69, 9.17) is 29.9 Å². The fourth-order valence-corrected chi connectivity index (χ4v) is 15.3. The normalized spacial score (nSPS) is 19.7. The minimum atomic E-state index is 0.404. The Bertz CT molecular complexity index is 4160. The van der Waals surface area contributed by atoms with Crippen LogP contribution >= 0.6 is 11.3 Å². The van der Waals surface area contributed by atoms with Crippen LogP contribution < -0.4 is 0 Å². The van der Waals surface area contributed by atoms with Crippen molar-refractivity contribution >= 4 is 31.5 Å². The first-order valence-electron chi connectivity index (χ1n) is 26.7. The second-order valence-electron chi connectivity index (χ2n) is 21.4. The first-order chi connectivity index (χ1) is 37.6. The molecule has 3 fully saturated rings. The van der Waals surface area contributed by atoms with Crippen LogP contribution in [0.15, 0.2) is 218 Å². The fourth-order valence-electron chi connectivity index (χ4n) is 14.1. The van der Waals surface area contributed by atoms with Gasteiger partial charge in [0.15, 0.2) is 34.9 Å². The van der Waals surface area contributed by atoms with E-state index in [9.17, 15) is 0 Å². The molecule has 360 valence electrons. The standard InChI is InChI=1S/C69H48N6S/c1-5-17-41(18-6-1)63-70-64(42-19-7-2-8-20-42)73-67(72-63)54-26-14-13-25-50(54)45-29-31-52-57(36-45)47-35-48-38-49-39-59(69(48,49)40-47)53-32-30-46(37-58(52)53)51-33-34-56(61-55-27-15-16-28-60(55)76-62(51)61)68-74-65(43-21-9-3-10-22-43)71-66(75-68)44-23-11-4-12-24-44/h1-34,36-37,47-49,59H,35,38-40H2. The highest BCUT2D eigenvalue weighted by Gasteiger charge is 2.70. The number of nitrogens with zero attached hydrogens (tertiary/aromatic N) is 6. The molecule has 0 amide bonds. The fraction of sp³-hybridized carbons (Fsp3) is 0.130. The third-order valence-corrected chi connectivity index (χ3v) is 18.8. The van der Waals surface area contributed by atoms with Crippen molar-refractivity contribution in [2.45, 2.75) is 37.5 Å². The zero-order valence-corrected chi connectivity index (χ0v) is 42.3. The lowest BCUT2D eigenvalue weighted by atomic mass is 9.37. The minimum Gasteiger partial charge on any atom is -0.208 e. The summed E-state index contributed by atoms with van der Waals surface area (Å²) in [7, 11) is 0. The summed E-state index contributed by atoms with van der Waals surface area (Å²) in [5.41, 5.74) is 16.8. The topological polar surface area (TPSA) is 77.3 Å². The molecule has 0 N–H and O–H groups in total. The van der Waals surface area contributed by atoms with E-state index in [0.717, 1.165) is 50.8 Å². The van der Waals surface area contributed by atoms with Gasteiger partial charge in [0.1, 0.15) is 0 Å². The van der Waals surface area contributed by atoms with Gasteiger partial charge in [-0.1, -0.05) is 200 Å². The number of rotatable bonds is 8. The molecule has 3 aromatic heterocycles. The summed E-state index contributed by atoms with van der Waals surface area (Å²) in [6, 6.07) is 78.0. The van der Waals surface area contributed by atoms with Crippen molar-refractivity contribution in [3.63, 3.8) is 0 Å². The Morgan fingerprint density at radius 3 is 1.45 bits per heavy atom. The van der Waals surface area contributed by atoms with Gasteiger partial charge in [-0.2, -0.15) is 0 Å². The highest BCUT2D eigenvalue weighted by Crippen LogP contribution is 2.80. The lowest BCUT2D eigenvalue weighted by Crippen LogP contribution is -2.58. The van der Waals surface area contributed by atoms with Crippen LogP contribution in [0, 0.1) is 17.3 Å². The third kappa shape index (κ3) is 6.78. The van der Waals surface area contributed by atoms with Gasteiger partial charge in [0.2, 0.25) is 0 Å². The Balaban J connectivity index is 0.856. The zero-order valence-electron chi connectivity index (χ0n) is 41.5. The largest absolute Gasteiger partial charge is 0.208 e. The molecule has 2 bridgehead atoms. The number of thiophene rings is 1. The Morgan fingerprint density at radius 1 is 0.342 bits per heavy atom. The van der Waals surface area contributed by atoms with Crippen molar-refractivity contribution < 1.29 is 0 Å². The molecule has 12 aromatic rings. The molecule has 0 aliphatic heterocycles. The lowest BCUT2D eigenvalue weighted by Gasteiger charge is -2.67. The quantitative estimate of drug-likeness (QED) is 0.151. The molecular weight excluding hydrogens is 945 g/mol. The van der Waals surface area contributed by atoms with Gasteiger partial charge in [0.25, 0.3) is 0 Å². The van der Waals surface area contributed by atoms with Crippen LogP contribution in [0.25, 0.3) is 122 Å². The molecule has 9 aromatic carbocycles. The number of aromatic nitrogens is 6. The zero-order chi connectivity index (χ0) is 49.9. The average Bonchev–Trinajstić information content (AvgIpc) is 4.24. The summed E-state index contributed by atoms with van der Waals surface area (Å²) in [6.07, 6.45) is 5.22. The SMILES string of the molecule is c1ccc(-c2nc(-c3ccccc3)nc(-c3ccccc3-c3ccc4c(c3)C3CC5CC6CC(c7ccc(-c8ccc(-c9nc(-c%10ccccc%10)nc(-c%10ccccc%10)n9)c9c8sc8ccccc89)cc7-4)C56C3)n2)cc1. The molecule has 16 rings (SSSR count). The second kappa shape index (κ2) is 17.1. The number of hydrogen-bond acceptors (Lipinski definition) is 7. The van der Waals surface area contributed by atoms with Crippen molar-refractivity contribution in [2.24, 2.45) is 17.3 Å². The molecule has 0 radical (unpaired) electrons. The molecule has 4 aliphatic carbocycles. The van der Waals surface area contributed by atoms with E-state index in [2.05, 4.69) is 146 Å². The van der Waals surface area contributed by atoms with Crippen LogP contribution in [-0.2, 0) is 0 Å². The Morgan fingerprint density at radius 2 is 0.829 bits per heavy atom. The average molecular weight is 993 g/mol. The molecule has 0 saturated heterocycles. The Labute approximate surface area is 445 Å². The van der Waals surface area contributed by atoms with E-state index in [1.54, 1.807) is 0 Å². The smallest absolute Gasteiger partial charge is 0.164 e. The van der Waals surface area contributed by atoms with Crippen molar-refractivity contribution in [2.75, 3.05) is 0 Å². The first-order valence-corrected chi connectivity index (χ1v) is 27.5. The molecule has 6 nitrogen and oxygen atoms in total. The van der Waals surface area contributed by atoms with Crippen LogP contribution in [0.2, 0.25) is 0 Å². The van der Waals surface area contributed by atoms with Gasteiger partial charge < -0.3 is 0 Å². The summed E-state index contributed by atoms with van der Waals surface area (Å²) in [6.45, 7) is 0. The molecule has 7 heteroatoms. The van der Waals surface area contributed by atoms with Gasteiger partial charge in [-0.15, -0.1) is 11.3 Å². The van der Waals surface area contributed by atoms with E-state index in [1.807, 2.05) is 84.1 Å². The molecule has 4 aliphatic rings. The van der Waals surface area contributed by atoms with Crippen molar-refractivity contribution in [3.05, 3.63) is 230 Å². The molecule has 3 heterocycles.